The van der Waals surface area contributed by atoms with Gasteiger partial charge in [-0.2, -0.15) is 0 Å². The van der Waals surface area contributed by atoms with E-state index in [-0.39, 0.29) is 0 Å². The minimum atomic E-state index is -1.22. The monoisotopic (exact) mass is 211 g/mol. The fourth-order valence-corrected chi connectivity index (χ4v) is 1.21. The number of ether oxygens (including phenoxy) is 2. The minimum Gasteiger partial charge on any atom is -0.544 e. The molecule has 0 aliphatic rings. The number of methoxy groups -OCH3 is 2. The van der Waals surface area contributed by atoms with Crippen molar-refractivity contribution in [2.24, 2.45) is 0 Å². The van der Waals surface area contributed by atoms with E-state index >= 15 is 0 Å². The van der Waals surface area contributed by atoms with Crippen molar-refractivity contribution in [3.05, 3.63) is 23.8 Å². The molecule has 0 spiro atoms. The first kappa shape index (κ1) is 11.3. The minimum absolute atomic E-state index is 0.477. The molecule has 1 aromatic carbocycles. The van der Waals surface area contributed by atoms with Gasteiger partial charge in [0, 0.05) is 5.56 Å². The number of quaternary nitrogens is 1. The van der Waals surface area contributed by atoms with Gasteiger partial charge in [0.05, 0.1) is 14.2 Å². The number of aliphatic carboxylic acids is 1. The van der Waals surface area contributed by atoms with Gasteiger partial charge in [0.2, 0.25) is 0 Å². The van der Waals surface area contributed by atoms with Gasteiger partial charge in [-0.3, -0.25) is 0 Å². The normalized spacial score (nSPS) is 11.9. The molecule has 0 aromatic heterocycles. The zero-order chi connectivity index (χ0) is 11.4. The third kappa shape index (κ3) is 2.38. The molecule has 0 fully saturated rings. The van der Waals surface area contributed by atoms with Crippen LogP contribution in [0.2, 0.25) is 0 Å². The summed E-state index contributed by atoms with van der Waals surface area (Å²) < 4.78 is 10.1. The molecule has 0 aliphatic heterocycles. The van der Waals surface area contributed by atoms with Crippen LogP contribution < -0.4 is 20.3 Å². The fourth-order valence-electron chi connectivity index (χ4n) is 1.21. The van der Waals surface area contributed by atoms with E-state index in [0.29, 0.717) is 17.1 Å². The lowest BCUT2D eigenvalue weighted by molar-refractivity contribution is -0.443. The second-order valence-corrected chi connectivity index (χ2v) is 2.99. The summed E-state index contributed by atoms with van der Waals surface area (Å²) in [5, 5.41) is 10.6. The second kappa shape index (κ2) is 4.65. The number of rotatable bonds is 4. The standard InChI is InChI=1S/C10H13NO4/c1-14-7-4-3-6(5-8(7)15-2)9(11)10(12)13/h3-5,9H,11H2,1-2H3,(H,12,13)/t9-/m1/s1. The van der Waals surface area contributed by atoms with Gasteiger partial charge < -0.3 is 25.1 Å². The highest BCUT2D eigenvalue weighted by molar-refractivity contribution is 5.72. The molecule has 0 radical (unpaired) electrons. The van der Waals surface area contributed by atoms with Crippen LogP contribution in [0.25, 0.3) is 0 Å². The third-order valence-electron chi connectivity index (χ3n) is 2.09. The van der Waals surface area contributed by atoms with Crippen molar-refractivity contribution in [3.8, 4) is 11.5 Å². The molecule has 3 N–H and O–H groups in total. The summed E-state index contributed by atoms with van der Waals surface area (Å²) in [5.41, 5.74) is 4.00. The van der Waals surface area contributed by atoms with Gasteiger partial charge in [-0.25, -0.2) is 0 Å². The van der Waals surface area contributed by atoms with Crippen LogP contribution >= 0.6 is 0 Å². The van der Waals surface area contributed by atoms with Crippen molar-refractivity contribution in [2.75, 3.05) is 14.2 Å². The summed E-state index contributed by atoms with van der Waals surface area (Å²) in [4.78, 5) is 10.6. The van der Waals surface area contributed by atoms with E-state index in [9.17, 15) is 9.90 Å². The first-order chi connectivity index (χ1) is 7.10. The second-order valence-electron chi connectivity index (χ2n) is 2.99. The van der Waals surface area contributed by atoms with E-state index in [1.807, 2.05) is 0 Å². The molecule has 1 rings (SSSR count). The molecular formula is C10H13NO4. The van der Waals surface area contributed by atoms with E-state index in [0.717, 1.165) is 0 Å². The Labute approximate surface area is 87.4 Å². The highest BCUT2D eigenvalue weighted by Crippen LogP contribution is 2.28. The van der Waals surface area contributed by atoms with Gasteiger partial charge >= 0.3 is 0 Å². The Morgan fingerprint density at radius 3 is 2.40 bits per heavy atom. The van der Waals surface area contributed by atoms with Crippen LogP contribution in [0.5, 0.6) is 11.5 Å². The Hall–Kier alpha value is -1.75. The maximum absolute atomic E-state index is 10.6. The zero-order valence-electron chi connectivity index (χ0n) is 8.65. The molecule has 0 unspecified atom stereocenters. The summed E-state index contributed by atoms with van der Waals surface area (Å²) in [7, 11) is 3.00. The number of carbonyl (C=O) groups is 1. The van der Waals surface area contributed by atoms with Crippen molar-refractivity contribution in [1.29, 1.82) is 0 Å². The van der Waals surface area contributed by atoms with Crippen LogP contribution in [-0.4, -0.2) is 20.2 Å². The molecule has 0 saturated heterocycles. The summed E-state index contributed by atoms with van der Waals surface area (Å²) in [5.74, 6) is -0.195. The zero-order valence-corrected chi connectivity index (χ0v) is 8.65. The van der Waals surface area contributed by atoms with Gasteiger partial charge in [-0.1, -0.05) is 0 Å². The van der Waals surface area contributed by atoms with Crippen LogP contribution in [0.4, 0.5) is 0 Å². The molecule has 0 aliphatic carbocycles. The first-order valence-corrected chi connectivity index (χ1v) is 4.36. The lowest BCUT2D eigenvalue weighted by Crippen LogP contribution is -2.61. The Morgan fingerprint density at radius 2 is 1.93 bits per heavy atom. The van der Waals surface area contributed by atoms with E-state index in [2.05, 4.69) is 5.73 Å². The van der Waals surface area contributed by atoms with Crippen LogP contribution in [0.15, 0.2) is 18.2 Å². The molecule has 0 bridgehead atoms. The lowest BCUT2D eigenvalue weighted by atomic mass is 10.1. The van der Waals surface area contributed by atoms with Gasteiger partial charge in [-0.15, -0.1) is 0 Å². The molecule has 1 aromatic rings. The van der Waals surface area contributed by atoms with Crippen molar-refractivity contribution in [1.82, 2.24) is 0 Å². The number of carbonyl (C=O) groups excluding carboxylic acids is 1. The number of carboxylic acids is 1. The summed E-state index contributed by atoms with van der Waals surface area (Å²) >= 11 is 0. The van der Waals surface area contributed by atoms with Crippen molar-refractivity contribution < 1.29 is 25.1 Å². The van der Waals surface area contributed by atoms with Crippen LogP contribution in [0.1, 0.15) is 11.6 Å². The number of carboxylic acid groups (broad SMARTS) is 1. The number of hydrogen-bond donors (Lipinski definition) is 1. The fraction of sp³-hybridized carbons (Fsp3) is 0.300. The quantitative estimate of drug-likeness (QED) is 0.673. The van der Waals surface area contributed by atoms with Gasteiger partial charge in [0.25, 0.3) is 0 Å². The number of benzene rings is 1. The predicted octanol–water partition coefficient (Wildman–Crippen LogP) is -1.26. The van der Waals surface area contributed by atoms with Gasteiger partial charge in [0.15, 0.2) is 17.5 Å². The molecule has 5 nitrogen and oxygen atoms in total. The number of hydrogen-bond acceptors (Lipinski definition) is 4. The van der Waals surface area contributed by atoms with Crippen molar-refractivity contribution in [2.45, 2.75) is 6.04 Å². The Bertz CT molecular complexity index is 364. The summed E-state index contributed by atoms with van der Waals surface area (Å²) in [6.45, 7) is 0. The molecule has 82 valence electrons. The topological polar surface area (TPSA) is 86.2 Å². The molecule has 0 saturated carbocycles. The van der Waals surface area contributed by atoms with E-state index in [4.69, 9.17) is 9.47 Å². The van der Waals surface area contributed by atoms with Crippen LogP contribution in [-0.2, 0) is 4.79 Å². The Morgan fingerprint density at radius 1 is 1.33 bits per heavy atom. The predicted molar refractivity (Wildman–Crippen MR) is 50.2 cm³/mol. The first-order valence-electron chi connectivity index (χ1n) is 4.36. The lowest BCUT2D eigenvalue weighted by Gasteiger charge is -2.13. The van der Waals surface area contributed by atoms with Crippen LogP contribution in [0, 0.1) is 0 Å². The third-order valence-corrected chi connectivity index (χ3v) is 2.09. The summed E-state index contributed by atoms with van der Waals surface area (Å²) in [6, 6.07) is 3.92. The molecule has 0 amide bonds. The molecule has 0 heterocycles. The molecule has 5 heteroatoms. The Balaban J connectivity index is 3.07. The van der Waals surface area contributed by atoms with Crippen molar-refractivity contribution in [3.63, 3.8) is 0 Å². The van der Waals surface area contributed by atoms with E-state index in [1.54, 1.807) is 18.2 Å². The maximum Gasteiger partial charge on any atom is 0.161 e. The highest BCUT2D eigenvalue weighted by Gasteiger charge is 2.13. The molecule has 1 atom stereocenters. The summed E-state index contributed by atoms with van der Waals surface area (Å²) in [6.07, 6.45) is 0. The average molecular weight is 211 g/mol. The maximum atomic E-state index is 10.6. The average Bonchev–Trinajstić information content (AvgIpc) is 2.26. The smallest absolute Gasteiger partial charge is 0.161 e. The molecular weight excluding hydrogens is 198 g/mol. The van der Waals surface area contributed by atoms with Gasteiger partial charge in [0.1, 0.15) is 5.97 Å². The van der Waals surface area contributed by atoms with Crippen molar-refractivity contribution >= 4 is 5.97 Å². The van der Waals surface area contributed by atoms with Crippen LogP contribution in [0.3, 0.4) is 0 Å². The molecule has 15 heavy (non-hydrogen) atoms. The SMILES string of the molecule is COc1ccc([C@@H]([NH3+])C(=O)[O-])cc1OC. The largest absolute Gasteiger partial charge is 0.544 e. The van der Waals surface area contributed by atoms with E-state index in [1.165, 1.54) is 14.2 Å². The Kier molecular flexibility index (Phi) is 3.51. The van der Waals surface area contributed by atoms with E-state index < -0.39 is 12.0 Å². The van der Waals surface area contributed by atoms with Gasteiger partial charge in [-0.05, 0) is 18.2 Å². The highest BCUT2D eigenvalue weighted by atomic mass is 16.5.